The first kappa shape index (κ1) is 19.2. The quantitative estimate of drug-likeness (QED) is 0.778. The number of hydrogen-bond acceptors (Lipinski definition) is 3. The molecule has 0 fully saturated rings. The highest BCUT2D eigenvalue weighted by atomic mass is 35.5. The predicted octanol–water partition coefficient (Wildman–Crippen LogP) is 2.97. The Labute approximate surface area is 141 Å². The number of benzene rings is 1. The van der Waals surface area contributed by atoms with Crippen LogP contribution in [0.25, 0.3) is 0 Å². The topological polar surface area (TPSA) is 75.3 Å². The van der Waals surface area contributed by atoms with Gasteiger partial charge in [0.1, 0.15) is 4.90 Å². The monoisotopic (exact) mass is 366 g/mol. The summed E-state index contributed by atoms with van der Waals surface area (Å²) in [5.74, 6) is -0.386. The third-order valence-corrected chi connectivity index (χ3v) is 5.28. The molecule has 1 amide bonds. The fourth-order valence-corrected chi connectivity index (χ4v) is 3.87. The normalized spacial score (nSPS) is 14.4. The van der Waals surface area contributed by atoms with Crippen LogP contribution in [0.4, 0.5) is 0 Å². The molecule has 2 atom stereocenters. The highest BCUT2D eigenvalue weighted by Gasteiger charge is 2.24. The molecule has 8 heteroatoms. The lowest BCUT2D eigenvalue weighted by Gasteiger charge is -2.18. The van der Waals surface area contributed by atoms with Crippen molar-refractivity contribution in [3.8, 4) is 0 Å². The number of carbonyl (C=O) groups is 1. The lowest BCUT2D eigenvalue weighted by Crippen LogP contribution is -2.47. The summed E-state index contributed by atoms with van der Waals surface area (Å²) in [5.41, 5.74) is 0. The summed E-state index contributed by atoms with van der Waals surface area (Å²) < 4.78 is 26.9. The van der Waals surface area contributed by atoms with E-state index in [9.17, 15) is 13.2 Å². The molecule has 22 heavy (non-hydrogen) atoms. The van der Waals surface area contributed by atoms with Crippen LogP contribution in [-0.4, -0.2) is 26.4 Å². The van der Waals surface area contributed by atoms with Crippen LogP contribution >= 0.6 is 23.2 Å². The Morgan fingerprint density at radius 1 is 1.27 bits per heavy atom. The Kier molecular flexibility index (Phi) is 7.12. The largest absolute Gasteiger partial charge is 0.352 e. The molecule has 0 bridgehead atoms. The molecule has 1 rings (SSSR count). The van der Waals surface area contributed by atoms with Crippen LogP contribution in [0.5, 0.6) is 0 Å². The van der Waals surface area contributed by atoms with Crippen LogP contribution < -0.4 is 10.0 Å². The van der Waals surface area contributed by atoms with Crippen molar-refractivity contribution in [2.24, 2.45) is 0 Å². The second-order valence-electron chi connectivity index (χ2n) is 5.12. The highest BCUT2D eigenvalue weighted by molar-refractivity contribution is 7.89. The van der Waals surface area contributed by atoms with Crippen LogP contribution in [0, 0.1) is 0 Å². The molecule has 0 saturated heterocycles. The van der Waals surface area contributed by atoms with E-state index >= 15 is 0 Å². The first-order chi connectivity index (χ1) is 10.2. The average Bonchev–Trinajstić information content (AvgIpc) is 2.41. The maximum Gasteiger partial charge on any atom is 0.242 e. The van der Waals surface area contributed by atoms with E-state index in [1.807, 2.05) is 13.8 Å². The number of carbonyl (C=O) groups excluding carboxylic acids is 1. The second kappa shape index (κ2) is 8.15. The summed E-state index contributed by atoms with van der Waals surface area (Å²) in [6.07, 6.45) is 1.75. The molecule has 0 aliphatic rings. The van der Waals surface area contributed by atoms with E-state index < -0.39 is 16.1 Å². The molecular weight excluding hydrogens is 347 g/mol. The van der Waals surface area contributed by atoms with Gasteiger partial charge in [-0.2, -0.15) is 4.72 Å². The second-order valence-corrected chi connectivity index (χ2v) is 7.64. The predicted molar refractivity (Wildman–Crippen MR) is 88.8 cm³/mol. The number of sulfonamides is 1. The van der Waals surface area contributed by atoms with E-state index in [0.29, 0.717) is 0 Å². The molecule has 124 valence electrons. The van der Waals surface area contributed by atoms with Crippen molar-refractivity contribution in [1.29, 1.82) is 0 Å². The van der Waals surface area contributed by atoms with Gasteiger partial charge in [-0.15, -0.1) is 0 Å². The zero-order valence-corrected chi connectivity index (χ0v) is 15.0. The Bertz CT molecular complexity index is 635. The van der Waals surface area contributed by atoms with Crippen molar-refractivity contribution in [3.05, 3.63) is 28.2 Å². The summed E-state index contributed by atoms with van der Waals surface area (Å²) >= 11 is 11.7. The van der Waals surface area contributed by atoms with Gasteiger partial charge in [-0.1, -0.05) is 36.5 Å². The van der Waals surface area contributed by atoms with E-state index in [-0.39, 0.29) is 26.9 Å². The third kappa shape index (κ3) is 5.43. The van der Waals surface area contributed by atoms with Crippen molar-refractivity contribution in [1.82, 2.24) is 10.0 Å². The van der Waals surface area contributed by atoms with Gasteiger partial charge in [0.2, 0.25) is 15.9 Å². The van der Waals surface area contributed by atoms with Crippen LogP contribution in [-0.2, 0) is 14.8 Å². The van der Waals surface area contributed by atoms with Gasteiger partial charge in [0, 0.05) is 11.1 Å². The van der Waals surface area contributed by atoms with E-state index in [1.54, 1.807) is 0 Å². The van der Waals surface area contributed by atoms with Crippen LogP contribution in [0.15, 0.2) is 23.1 Å². The summed E-state index contributed by atoms with van der Waals surface area (Å²) in [7, 11) is -3.93. The minimum atomic E-state index is -3.93. The van der Waals surface area contributed by atoms with Gasteiger partial charge in [0.15, 0.2) is 0 Å². The van der Waals surface area contributed by atoms with Crippen molar-refractivity contribution in [2.75, 3.05) is 0 Å². The van der Waals surface area contributed by atoms with Gasteiger partial charge in [-0.3, -0.25) is 4.79 Å². The zero-order valence-electron chi connectivity index (χ0n) is 12.7. The Morgan fingerprint density at radius 2 is 1.91 bits per heavy atom. The molecule has 0 spiro atoms. The molecule has 0 saturated carbocycles. The molecule has 0 heterocycles. The van der Waals surface area contributed by atoms with Crippen LogP contribution in [0.3, 0.4) is 0 Å². The van der Waals surface area contributed by atoms with E-state index in [0.717, 1.165) is 12.8 Å². The average molecular weight is 367 g/mol. The van der Waals surface area contributed by atoms with Crippen molar-refractivity contribution < 1.29 is 13.2 Å². The molecule has 0 radical (unpaired) electrons. The fourth-order valence-electron chi connectivity index (χ4n) is 1.91. The van der Waals surface area contributed by atoms with Crippen molar-refractivity contribution >= 4 is 39.1 Å². The maximum absolute atomic E-state index is 12.3. The number of amides is 1. The third-order valence-electron chi connectivity index (χ3n) is 3.02. The van der Waals surface area contributed by atoms with Crippen molar-refractivity contribution in [3.63, 3.8) is 0 Å². The maximum atomic E-state index is 12.3. The molecule has 0 aliphatic heterocycles. The van der Waals surface area contributed by atoms with Gasteiger partial charge in [0.25, 0.3) is 0 Å². The molecule has 0 aromatic heterocycles. The van der Waals surface area contributed by atoms with E-state index in [1.165, 1.54) is 25.1 Å². The smallest absolute Gasteiger partial charge is 0.242 e. The minimum absolute atomic E-state index is 0.0146. The number of hydrogen-bond donors (Lipinski definition) is 2. The standard InChI is InChI=1S/C14H20Cl2N2O3S/c1-4-5-9(2)17-14(19)10(3)18-22(20,21)13-8-11(15)6-7-12(13)16/h6-10,18H,4-5H2,1-3H3,(H,17,19)/t9-,10+/m0/s1. The Balaban J connectivity index is 2.83. The SMILES string of the molecule is CCC[C@H](C)NC(=O)[C@@H](C)NS(=O)(=O)c1cc(Cl)ccc1Cl. The summed E-state index contributed by atoms with van der Waals surface area (Å²) in [4.78, 5) is 11.8. The summed E-state index contributed by atoms with van der Waals surface area (Å²) in [6.45, 7) is 5.36. The number of halogens is 2. The Morgan fingerprint density at radius 3 is 2.50 bits per heavy atom. The van der Waals surface area contributed by atoms with Crippen LogP contribution in [0.1, 0.15) is 33.6 Å². The molecule has 5 nitrogen and oxygen atoms in total. The Hall–Kier alpha value is -0.820. The van der Waals surface area contributed by atoms with Gasteiger partial charge in [-0.05, 0) is 38.5 Å². The first-order valence-electron chi connectivity index (χ1n) is 6.95. The zero-order chi connectivity index (χ0) is 16.9. The van der Waals surface area contributed by atoms with Gasteiger partial charge in [0.05, 0.1) is 11.1 Å². The van der Waals surface area contributed by atoms with Crippen molar-refractivity contribution in [2.45, 2.75) is 50.6 Å². The van der Waals surface area contributed by atoms with E-state index in [4.69, 9.17) is 23.2 Å². The molecule has 1 aromatic rings. The summed E-state index contributed by atoms with van der Waals surface area (Å²) in [5, 5.41) is 3.05. The molecule has 2 N–H and O–H groups in total. The highest BCUT2D eigenvalue weighted by Crippen LogP contribution is 2.24. The fraction of sp³-hybridized carbons (Fsp3) is 0.500. The molecular formula is C14H20Cl2N2O3S. The lowest BCUT2D eigenvalue weighted by atomic mass is 10.2. The van der Waals surface area contributed by atoms with Gasteiger partial charge >= 0.3 is 0 Å². The van der Waals surface area contributed by atoms with Gasteiger partial charge < -0.3 is 5.32 Å². The lowest BCUT2D eigenvalue weighted by molar-refractivity contribution is -0.123. The number of nitrogens with one attached hydrogen (secondary N) is 2. The van der Waals surface area contributed by atoms with Gasteiger partial charge in [-0.25, -0.2) is 8.42 Å². The van der Waals surface area contributed by atoms with Crippen LogP contribution in [0.2, 0.25) is 10.0 Å². The summed E-state index contributed by atoms with van der Waals surface area (Å²) in [6, 6.07) is 3.20. The molecule has 0 unspecified atom stereocenters. The molecule has 0 aliphatic carbocycles. The number of rotatable bonds is 7. The first-order valence-corrected chi connectivity index (χ1v) is 9.19. The van der Waals surface area contributed by atoms with E-state index in [2.05, 4.69) is 10.0 Å². The minimum Gasteiger partial charge on any atom is -0.352 e. The molecule has 1 aromatic carbocycles.